The van der Waals surface area contributed by atoms with E-state index in [1.165, 1.54) is 0 Å². The van der Waals surface area contributed by atoms with Crippen molar-refractivity contribution >= 4 is 23.5 Å². The van der Waals surface area contributed by atoms with E-state index >= 15 is 0 Å². The average molecular weight is 345 g/mol. The lowest BCUT2D eigenvalue weighted by atomic mass is 10.1. The molecule has 2 aromatic carbocycles. The van der Waals surface area contributed by atoms with Gasteiger partial charge >= 0.3 is 11.9 Å². The molecule has 5 heteroatoms. The zero-order valence-electron chi connectivity index (χ0n) is 13.0. The number of hydrogen-bond acceptors (Lipinski definition) is 4. The van der Waals surface area contributed by atoms with Crippen molar-refractivity contribution in [2.75, 3.05) is 6.61 Å². The maximum Gasteiger partial charge on any atom is 0.330 e. The van der Waals surface area contributed by atoms with Crippen molar-refractivity contribution in [3.63, 3.8) is 0 Å². The second-order valence-corrected chi connectivity index (χ2v) is 5.42. The Kier molecular flexibility index (Phi) is 6.58. The predicted octanol–water partition coefficient (Wildman–Crippen LogP) is 4.42. The van der Waals surface area contributed by atoms with Gasteiger partial charge < -0.3 is 9.47 Å². The quantitative estimate of drug-likeness (QED) is 0.323. The van der Waals surface area contributed by atoms with E-state index in [0.717, 1.165) is 17.2 Å². The molecule has 0 saturated heterocycles. The third-order valence-corrected chi connectivity index (χ3v) is 3.45. The van der Waals surface area contributed by atoms with Crippen LogP contribution in [0.2, 0.25) is 5.02 Å². The third kappa shape index (κ3) is 5.56. The normalized spacial score (nSPS) is 10.0. The first kappa shape index (κ1) is 17.8. The summed E-state index contributed by atoms with van der Waals surface area (Å²) >= 11 is 5.87. The van der Waals surface area contributed by atoms with Crippen LogP contribution in [0.1, 0.15) is 12.8 Å². The first-order valence-electron chi connectivity index (χ1n) is 7.44. The van der Waals surface area contributed by atoms with Crippen LogP contribution in [-0.4, -0.2) is 18.5 Å². The highest BCUT2D eigenvalue weighted by molar-refractivity contribution is 6.30. The molecule has 124 valence electrons. The number of hydrogen-bond donors (Lipinski definition) is 0. The Morgan fingerprint density at radius 1 is 1.00 bits per heavy atom. The van der Waals surface area contributed by atoms with Gasteiger partial charge in [-0.25, -0.2) is 4.79 Å². The summed E-state index contributed by atoms with van der Waals surface area (Å²) in [5.74, 6) is -0.397. The van der Waals surface area contributed by atoms with Crippen LogP contribution in [0.3, 0.4) is 0 Å². The lowest BCUT2D eigenvalue weighted by Gasteiger charge is -2.06. The highest BCUT2D eigenvalue weighted by atomic mass is 35.5. The lowest BCUT2D eigenvalue weighted by Crippen LogP contribution is -2.10. The number of rotatable bonds is 7. The Labute approximate surface area is 145 Å². The largest absolute Gasteiger partial charge is 0.463 e. The molecule has 0 saturated carbocycles. The van der Waals surface area contributed by atoms with E-state index in [1.807, 2.05) is 36.4 Å². The Bertz CT molecular complexity index is 705. The van der Waals surface area contributed by atoms with Crippen LogP contribution in [0.4, 0.5) is 0 Å². The van der Waals surface area contributed by atoms with Gasteiger partial charge in [-0.2, -0.15) is 0 Å². The number of halogens is 1. The number of benzene rings is 2. The van der Waals surface area contributed by atoms with E-state index < -0.39 is 5.97 Å². The summed E-state index contributed by atoms with van der Waals surface area (Å²) in [6.07, 6.45) is 1.66. The summed E-state index contributed by atoms with van der Waals surface area (Å²) in [4.78, 5) is 22.6. The standard InChI is InChI=1S/C19H17ClO4/c1-2-18(21)23-13-3-4-19(22)24-17-11-7-15(8-12-17)14-5-9-16(20)10-6-14/h2,5-12H,1,3-4,13H2. The summed E-state index contributed by atoms with van der Waals surface area (Å²) in [7, 11) is 0. The molecular weight excluding hydrogens is 328 g/mol. The molecule has 4 nitrogen and oxygen atoms in total. The number of ether oxygens (including phenoxy) is 2. The van der Waals surface area contributed by atoms with Gasteiger partial charge in [-0.15, -0.1) is 0 Å². The number of carbonyl (C=O) groups excluding carboxylic acids is 2. The van der Waals surface area contributed by atoms with Gasteiger partial charge in [-0.3, -0.25) is 4.79 Å². The maximum absolute atomic E-state index is 11.7. The molecule has 0 amide bonds. The average Bonchev–Trinajstić information content (AvgIpc) is 2.60. The molecule has 2 aromatic rings. The molecule has 0 radical (unpaired) electrons. The highest BCUT2D eigenvalue weighted by Gasteiger charge is 2.06. The molecule has 0 fully saturated rings. The van der Waals surface area contributed by atoms with Gasteiger partial charge in [0.05, 0.1) is 6.61 Å². The zero-order valence-corrected chi connectivity index (χ0v) is 13.8. The van der Waals surface area contributed by atoms with Gasteiger partial charge in [0.15, 0.2) is 0 Å². The molecule has 0 N–H and O–H groups in total. The highest BCUT2D eigenvalue weighted by Crippen LogP contribution is 2.24. The van der Waals surface area contributed by atoms with Crippen molar-refractivity contribution < 1.29 is 19.1 Å². The molecule has 2 rings (SSSR count). The molecule has 24 heavy (non-hydrogen) atoms. The Balaban J connectivity index is 1.82. The molecular formula is C19H17ClO4. The molecule has 0 heterocycles. The van der Waals surface area contributed by atoms with Crippen molar-refractivity contribution in [2.45, 2.75) is 12.8 Å². The van der Waals surface area contributed by atoms with Gasteiger partial charge in [0.2, 0.25) is 0 Å². The lowest BCUT2D eigenvalue weighted by molar-refractivity contribution is -0.140. The number of carbonyl (C=O) groups is 2. The molecule has 0 bridgehead atoms. The fourth-order valence-electron chi connectivity index (χ4n) is 1.99. The van der Waals surface area contributed by atoms with Gasteiger partial charge in [-0.1, -0.05) is 42.4 Å². The first-order valence-corrected chi connectivity index (χ1v) is 7.82. The monoisotopic (exact) mass is 344 g/mol. The molecule has 0 aliphatic heterocycles. The number of esters is 2. The SMILES string of the molecule is C=CC(=O)OCCCC(=O)Oc1ccc(-c2ccc(Cl)cc2)cc1. The Morgan fingerprint density at radius 2 is 1.58 bits per heavy atom. The van der Waals surface area contributed by atoms with Crippen molar-refractivity contribution in [1.29, 1.82) is 0 Å². The maximum atomic E-state index is 11.7. The van der Waals surface area contributed by atoms with E-state index in [2.05, 4.69) is 6.58 Å². The van der Waals surface area contributed by atoms with Gasteiger partial charge in [0.25, 0.3) is 0 Å². The summed E-state index contributed by atoms with van der Waals surface area (Å²) in [6.45, 7) is 3.45. The fourth-order valence-corrected chi connectivity index (χ4v) is 2.11. The van der Waals surface area contributed by atoms with E-state index in [9.17, 15) is 9.59 Å². The third-order valence-electron chi connectivity index (χ3n) is 3.20. The Morgan fingerprint density at radius 3 is 2.17 bits per heavy atom. The fraction of sp³-hybridized carbons (Fsp3) is 0.158. The van der Waals surface area contributed by atoms with Crippen LogP contribution >= 0.6 is 11.6 Å². The molecule has 0 aliphatic carbocycles. The van der Waals surface area contributed by atoms with Crippen LogP contribution in [0, 0.1) is 0 Å². The Hall–Kier alpha value is -2.59. The summed E-state index contributed by atoms with van der Waals surface area (Å²) in [5, 5.41) is 0.683. The van der Waals surface area contributed by atoms with E-state index in [0.29, 0.717) is 17.2 Å². The van der Waals surface area contributed by atoms with Crippen LogP contribution in [-0.2, 0) is 14.3 Å². The van der Waals surface area contributed by atoms with Crippen molar-refractivity contribution in [1.82, 2.24) is 0 Å². The van der Waals surface area contributed by atoms with Crippen LogP contribution in [0.25, 0.3) is 11.1 Å². The summed E-state index contributed by atoms with van der Waals surface area (Å²) in [5.41, 5.74) is 2.03. The summed E-state index contributed by atoms with van der Waals surface area (Å²) < 4.78 is 10.0. The van der Waals surface area contributed by atoms with E-state index in [-0.39, 0.29) is 19.0 Å². The van der Waals surface area contributed by atoms with Crippen molar-refractivity contribution in [2.24, 2.45) is 0 Å². The minimum atomic E-state index is -0.499. The van der Waals surface area contributed by atoms with Crippen LogP contribution in [0.5, 0.6) is 5.75 Å². The zero-order chi connectivity index (χ0) is 17.4. The first-order chi connectivity index (χ1) is 11.6. The van der Waals surface area contributed by atoms with Crippen LogP contribution < -0.4 is 4.74 Å². The molecule has 0 unspecified atom stereocenters. The molecule has 0 aromatic heterocycles. The van der Waals surface area contributed by atoms with Crippen molar-refractivity contribution in [3.05, 3.63) is 66.2 Å². The van der Waals surface area contributed by atoms with Crippen molar-refractivity contribution in [3.8, 4) is 16.9 Å². The minimum Gasteiger partial charge on any atom is -0.463 e. The second kappa shape index (κ2) is 8.89. The van der Waals surface area contributed by atoms with Gasteiger partial charge in [-0.05, 0) is 41.8 Å². The second-order valence-electron chi connectivity index (χ2n) is 4.98. The topological polar surface area (TPSA) is 52.6 Å². The van der Waals surface area contributed by atoms with E-state index in [4.69, 9.17) is 21.1 Å². The molecule has 0 spiro atoms. The van der Waals surface area contributed by atoms with Gasteiger partial charge in [0.1, 0.15) is 5.75 Å². The smallest absolute Gasteiger partial charge is 0.330 e. The summed E-state index contributed by atoms with van der Waals surface area (Å²) in [6, 6.07) is 14.7. The molecule has 0 aliphatic rings. The van der Waals surface area contributed by atoms with E-state index in [1.54, 1.807) is 12.1 Å². The predicted molar refractivity (Wildman–Crippen MR) is 92.9 cm³/mol. The van der Waals surface area contributed by atoms with Gasteiger partial charge in [0, 0.05) is 17.5 Å². The molecule has 0 atom stereocenters. The van der Waals surface area contributed by atoms with Crippen LogP contribution in [0.15, 0.2) is 61.2 Å². The minimum absolute atomic E-state index is 0.162.